The van der Waals surface area contributed by atoms with E-state index >= 15 is 0 Å². The van der Waals surface area contributed by atoms with Crippen LogP contribution in [0.25, 0.3) is 0 Å². The van der Waals surface area contributed by atoms with Gasteiger partial charge in [0, 0.05) is 13.1 Å². The molecular formula is C9H22N2O2. The molecule has 0 spiro atoms. The number of hydrogen-bond acceptors (Lipinski definition) is 4. The van der Waals surface area contributed by atoms with Gasteiger partial charge in [-0.05, 0) is 19.9 Å². The Morgan fingerprint density at radius 1 is 1.38 bits per heavy atom. The first kappa shape index (κ1) is 12.8. The Balaban J connectivity index is 3.51. The Hall–Kier alpha value is -0.160. The van der Waals surface area contributed by atoms with Gasteiger partial charge < -0.3 is 15.5 Å². The highest BCUT2D eigenvalue weighted by Gasteiger charge is 2.18. The molecule has 0 rings (SSSR count). The summed E-state index contributed by atoms with van der Waals surface area (Å²) in [6.45, 7) is 7.41. The fraction of sp³-hybridized carbons (Fsp3) is 1.00. The molecule has 0 aromatic heterocycles. The lowest BCUT2D eigenvalue weighted by Gasteiger charge is -2.24. The van der Waals surface area contributed by atoms with Gasteiger partial charge in [0.15, 0.2) is 0 Å². The minimum absolute atomic E-state index is 0.413. The molecule has 2 unspecified atom stereocenters. The van der Waals surface area contributed by atoms with Gasteiger partial charge in [0.1, 0.15) is 6.23 Å². The van der Waals surface area contributed by atoms with Gasteiger partial charge in [0.25, 0.3) is 0 Å². The molecular weight excluding hydrogens is 168 g/mol. The standard InChI is InChI=1S/C9H22N2O2/c1-4-9(3,13)7-11-8(12)6-10-5-2/h8,10-13H,4-7H2,1-3H3. The first-order chi connectivity index (χ1) is 6.02. The van der Waals surface area contributed by atoms with Crippen LogP contribution in [0.15, 0.2) is 0 Å². The predicted octanol–water partition coefficient (Wildman–Crippen LogP) is -0.335. The molecule has 0 aliphatic carbocycles. The van der Waals surface area contributed by atoms with Crippen molar-refractivity contribution in [2.45, 2.75) is 39.0 Å². The van der Waals surface area contributed by atoms with Crippen LogP contribution in [0.4, 0.5) is 0 Å². The van der Waals surface area contributed by atoms with Crippen molar-refractivity contribution in [2.75, 3.05) is 19.6 Å². The second-order valence-electron chi connectivity index (χ2n) is 3.55. The summed E-state index contributed by atoms with van der Waals surface area (Å²) in [6, 6.07) is 0. The van der Waals surface area contributed by atoms with E-state index in [0.717, 1.165) is 6.54 Å². The summed E-state index contributed by atoms with van der Waals surface area (Å²) in [4.78, 5) is 0. The molecule has 0 aromatic rings. The summed E-state index contributed by atoms with van der Waals surface area (Å²) in [6.07, 6.45) is 0.0893. The molecule has 0 radical (unpaired) electrons. The van der Waals surface area contributed by atoms with Crippen LogP contribution in [0.1, 0.15) is 27.2 Å². The third-order valence-corrected chi connectivity index (χ3v) is 2.07. The van der Waals surface area contributed by atoms with Crippen LogP contribution < -0.4 is 10.6 Å². The van der Waals surface area contributed by atoms with Crippen LogP contribution in [-0.2, 0) is 0 Å². The highest BCUT2D eigenvalue weighted by atomic mass is 16.3. The van der Waals surface area contributed by atoms with Gasteiger partial charge in [-0.3, -0.25) is 5.32 Å². The van der Waals surface area contributed by atoms with Gasteiger partial charge in [-0.25, -0.2) is 0 Å². The first-order valence-corrected chi connectivity index (χ1v) is 4.86. The molecule has 0 saturated heterocycles. The normalized spacial score (nSPS) is 18.2. The Kier molecular flexibility index (Phi) is 6.24. The summed E-state index contributed by atoms with van der Waals surface area (Å²) < 4.78 is 0. The van der Waals surface area contributed by atoms with Crippen molar-refractivity contribution in [1.29, 1.82) is 0 Å². The summed E-state index contributed by atoms with van der Waals surface area (Å²) in [7, 11) is 0. The highest BCUT2D eigenvalue weighted by Crippen LogP contribution is 2.05. The van der Waals surface area contributed by atoms with Gasteiger partial charge in [-0.15, -0.1) is 0 Å². The predicted molar refractivity (Wildman–Crippen MR) is 53.5 cm³/mol. The highest BCUT2D eigenvalue weighted by molar-refractivity contribution is 4.74. The Labute approximate surface area is 80.3 Å². The lowest BCUT2D eigenvalue weighted by molar-refractivity contribution is 0.0323. The molecule has 4 nitrogen and oxygen atoms in total. The Bertz CT molecular complexity index is 129. The summed E-state index contributed by atoms with van der Waals surface area (Å²) in [5.41, 5.74) is -0.729. The Morgan fingerprint density at radius 2 is 2.00 bits per heavy atom. The molecule has 0 heterocycles. The molecule has 0 fully saturated rings. The summed E-state index contributed by atoms with van der Waals surface area (Å²) in [5, 5.41) is 24.8. The van der Waals surface area contributed by atoms with E-state index in [9.17, 15) is 10.2 Å². The summed E-state index contributed by atoms with van der Waals surface area (Å²) in [5.74, 6) is 0. The van der Waals surface area contributed by atoms with E-state index < -0.39 is 11.8 Å². The number of likely N-dealkylation sites (N-methyl/N-ethyl adjacent to an activating group) is 1. The van der Waals surface area contributed by atoms with Gasteiger partial charge in [0.2, 0.25) is 0 Å². The van der Waals surface area contributed by atoms with Crippen LogP contribution in [-0.4, -0.2) is 41.7 Å². The van der Waals surface area contributed by atoms with E-state index in [-0.39, 0.29) is 0 Å². The van der Waals surface area contributed by atoms with E-state index in [2.05, 4.69) is 10.6 Å². The second kappa shape index (κ2) is 6.32. The Morgan fingerprint density at radius 3 is 2.46 bits per heavy atom. The zero-order chi connectivity index (χ0) is 10.3. The number of aliphatic hydroxyl groups excluding tert-OH is 1. The van der Waals surface area contributed by atoms with Crippen molar-refractivity contribution in [3.8, 4) is 0 Å². The van der Waals surface area contributed by atoms with Crippen molar-refractivity contribution >= 4 is 0 Å². The van der Waals surface area contributed by atoms with E-state index in [1.807, 2.05) is 13.8 Å². The third-order valence-electron chi connectivity index (χ3n) is 2.07. The quantitative estimate of drug-likeness (QED) is 0.415. The van der Waals surface area contributed by atoms with Crippen molar-refractivity contribution < 1.29 is 10.2 Å². The second-order valence-corrected chi connectivity index (χ2v) is 3.55. The van der Waals surface area contributed by atoms with E-state index in [4.69, 9.17) is 0 Å². The molecule has 0 aliphatic heterocycles. The fourth-order valence-electron chi connectivity index (χ4n) is 0.816. The van der Waals surface area contributed by atoms with Crippen LogP contribution in [0.2, 0.25) is 0 Å². The van der Waals surface area contributed by atoms with Gasteiger partial charge in [0.05, 0.1) is 5.60 Å². The third kappa shape index (κ3) is 6.95. The largest absolute Gasteiger partial charge is 0.389 e. The van der Waals surface area contributed by atoms with Crippen LogP contribution in [0, 0.1) is 0 Å². The molecule has 2 atom stereocenters. The molecule has 0 bridgehead atoms. The summed E-state index contributed by atoms with van der Waals surface area (Å²) >= 11 is 0. The van der Waals surface area contributed by atoms with Crippen molar-refractivity contribution in [2.24, 2.45) is 0 Å². The number of aliphatic hydroxyl groups is 2. The average molecular weight is 190 g/mol. The van der Waals surface area contributed by atoms with Gasteiger partial charge in [-0.2, -0.15) is 0 Å². The minimum Gasteiger partial charge on any atom is -0.389 e. The lowest BCUT2D eigenvalue weighted by Crippen LogP contribution is -2.46. The van der Waals surface area contributed by atoms with Crippen molar-refractivity contribution in [3.05, 3.63) is 0 Å². The SMILES string of the molecule is CCNCC(O)NCC(C)(O)CC. The molecule has 80 valence electrons. The van der Waals surface area contributed by atoms with E-state index in [1.165, 1.54) is 0 Å². The van der Waals surface area contributed by atoms with Crippen LogP contribution >= 0.6 is 0 Å². The minimum atomic E-state index is -0.729. The number of hydrogen-bond donors (Lipinski definition) is 4. The maximum Gasteiger partial charge on any atom is 0.117 e. The van der Waals surface area contributed by atoms with Gasteiger partial charge in [-0.1, -0.05) is 13.8 Å². The van der Waals surface area contributed by atoms with E-state index in [1.54, 1.807) is 6.92 Å². The van der Waals surface area contributed by atoms with Crippen molar-refractivity contribution in [1.82, 2.24) is 10.6 Å². The molecule has 4 heteroatoms. The average Bonchev–Trinajstić information content (AvgIpc) is 2.11. The monoisotopic (exact) mass is 190 g/mol. The van der Waals surface area contributed by atoms with E-state index in [0.29, 0.717) is 19.5 Å². The zero-order valence-corrected chi connectivity index (χ0v) is 8.80. The molecule has 0 saturated carbocycles. The lowest BCUT2D eigenvalue weighted by atomic mass is 10.0. The topological polar surface area (TPSA) is 64.5 Å². The number of nitrogens with one attached hydrogen (secondary N) is 2. The van der Waals surface area contributed by atoms with Crippen LogP contribution in [0.3, 0.4) is 0 Å². The molecule has 4 N–H and O–H groups in total. The maximum atomic E-state index is 9.60. The molecule has 13 heavy (non-hydrogen) atoms. The fourth-order valence-corrected chi connectivity index (χ4v) is 0.816. The molecule has 0 aliphatic rings. The number of rotatable bonds is 7. The van der Waals surface area contributed by atoms with Crippen molar-refractivity contribution in [3.63, 3.8) is 0 Å². The first-order valence-electron chi connectivity index (χ1n) is 4.86. The molecule has 0 amide bonds. The zero-order valence-electron chi connectivity index (χ0n) is 8.80. The van der Waals surface area contributed by atoms with Gasteiger partial charge >= 0.3 is 0 Å². The van der Waals surface area contributed by atoms with Crippen LogP contribution in [0.5, 0.6) is 0 Å². The maximum absolute atomic E-state index is 9.60. The smallest absolute Gasteiger partial charge is 0.117 e. The molecule has 0 aromatic carbocycles.